The molecule has 0 radical (unpaired) electrons. The number of thiocarbonyl (C=S) groups is 1. The number of ketones is 2. The summed E-state index contributed by atoms with van der Waals surface area (Å²) >= 11 is 5.32. The van der Waals surface area contributed by atoms with Crippen LogP contribution in [0.25, 0.3) is 0 Å². The van der Waals surface area contributed by atoms with Gasteiger partial charge in [-0.25, -0.2) is 5.43 Å². The third-order valence-corrected chi connectivity index (χ3v) is 6.28. The largest absolute Gasteiger partial charge is 0.332 e. The minimum absolute atomic E-state index is 0.0312. The number of benzene rings is 1. The van der Waals surface area contributed by atoms with Gasteiger partial charge in [-0.15, -0.1) is 0 Å². The van der Waals surface area contributed by atoms with Crippen molar-refractivity contribution in [3.8, 4) is 0 Å². The lowest BCUT2D eigenvalue weighted by atomic mass is 9.63. The first-order chi connectivity index (χ1) is 12.1. The van der Waals surface area contributed by atoms with Gasteiger partial charge in [-0.2, -0.15) is 0 Å². The molecule has 132 valence electrons. The zero-order valence-corrected chi connectivity index (χ0v) is 14.9. The molecule has 0 aromatic heterocycles. The molecule has 3 saturated carbocycles. The van der Waals surface area contributed by atoms with Crippen LogP contribution in [0.2, 0.25) is 0 Å². The average molecular weight is 357 g/mol. The molecule has 1 aromatic rings. The predicted molar refractivity (Wildman–Crippen MR) is 99.8 cm³/mol. The first-order valence-corrected chi connectivity index (χ1v) is 9.51. The van der Waals surface area contributed by atoms with E-state index in [2.05, 4.69) is 16.2 Å². The van der Waals surface area contributed by atoms with Crippen molar-refractivity contribution in [2.45, 2.75) is 38.1 Å². The molecule has 1 aromatic carbocycles. The Bertz CT molecular complexity index is 693. The summed E-state index contributed by atoms with van der Waals surface area (Å²) in [7, 11) is 0. The van der Waals surface area contributed by atoms with Crippen molar-refractivity contribution in [1.82, 2.24) is 10.9 Å². The van der Waals surface area contributed by atoms with Crippen molar-refractivity contribution >= 4 is 34.6 Å². The van der Waals surface area contributed by atoms with Crippen LogP contribution in [0, 0.1) is 23.7 Å². The van der Waals surface area contributed by atoms with Crippen LogP contribution >= 0.6 is 12.2 Å². The van der Waals surface area contributed by atoms with Crippen LogP contribution in [-0.4, -0.2) is 22.7 Å². The molecule has 5 nitrogen and oxygen atoms in total. The molecule has 6 heteroatoms. The Labute approximate surface area is 152 Å². The fourth-order valence-corrected chi connectivity index (χ4v) is 5.23. The van der Waals surface area contributed by atoms with Gasteiger partial charge in [0.2, 0.25) is 11.6 Å². The number of nitrogens with one attached hydrogen (secondary N) is 3. The Balaban J connectivity index is 1.40. The fraction of sp³-hybridized carbons (Fsp3) is 0.526. The van der Waals surface area contributed by atoms with Crippen molar-refractivity contribution in [2.75, 3.05) is 5.32 Å². The number of carbonyl (C=O) groups excluding carboxylic acids is 2. The predicted octanol–water partition coefficient (Wildman–Crippen LogP) is 2.44. The third-order valence-electron chi connectivity index (χ3n) is 6.08. The molecule has 0 bridgehead atoms. The summed E-state index contributed by atoms with van der Waals surface area (Å²) in [6.07, 6.45) is 5.11. The first kappa shape index (κ1) is 16.7. The summed E-state index contributed by atoms with van der Waals surface area (Å²) in [4.78, 5) is 24.9. The Morgan fingerprint density at radius 3 is 2.60 bits per heavy atom. The maximum Gasteiger partial charge on any atom is 0.203 e. The van der Waals surface area contributed by atoms with Crippen molar-refractivity contribution in [3.05, 3.63) is 30.3 Å². The normalized spacial score (nSPS) is 33.7. The van der Waals surface area contributed by atoms with Gasteiger partial charge in [-0.3, -0.25) is 15.0 Å². The van der Waals surface area contributed by atoms with Crippen molar-refractivity contribution in [1.29, 1.82) is 0 Å². The number of hydrogen-bond donors (Lipinski definition) is 3. The first-order valence-electron chi connectivity index (χ1n) is 9.11. The lowest BCUT2D eigenvalue weighted by Gasteiger charge is -2.43. The molecule has 3 aliphatic carbocycles. The van der Waals surface area contributed by atoms with Crippen LogP contribution < -0.4 is 16.2 Å². The molecule has 3 fully saturated rings. The van der Waals surface area contributed by atoms with Gasteiger partial charge in [0.05, 0.1) is 0 Å². The number of para-hydroxylation sites is 1. The van der Waals surface area contributed by atoms with Gasteiger partial charge in [0.15, 0.2) is 5.11 Å². The fourth-order valence-electron chi connectivity index (χ4n) is 5.05. The maximum atomic E-state index is 12.6. The molecular formula is C19H23N3O2S. The van der Waals surface area contributed by atoms with Gasteiger partial charge in [0.1, 0.15) is 0 Å². The monoisotopic (exact) mass is 357 g/mol. The van der Waals surface area contributed by atoms with Gasteiger partial charge in [-0.1, -0.05) is 31.0 Å². The van der Waals surface area contributed by atoms with E-state index in [4.69, 9.17) is 12.2 Å². The zero-order valence-electron chi connectivity index (χ0n) is 14.0. The van der Waals surface area contributed by atoms with E-state index in [0.717, 1.165) is 37.8 Å². The molecular weight excluding hydrogens is 334 g/mol. The number of carbonyl (C=O) groups is 2. The average Bonchev–Trinajstić information content (AvgIpc) is 2.89. The van der Waals surface area contributed by atoms with Gasteiger partial charge in [-0.05, 0) is 55.4 Å². The molecule has 0 aliphatic heterocycles. The van der Waals surface area contributed by atoms with Crippen LogP contribution in [0.4, 0.5) is 5.69 Å². The second-order valence-corrected chi connectivity index (χ2v) is 7.81. The number of anilines is 1. The SMILES string of the molecule is O=C1C(=O)C2C(NNC(=S)Nc3ccccc3)CCC3CCCC1C32. The van der Waals surface area contributed by atoms with Crippen LogP contribution in [0.5, 0.6) is 0 Å². The smallest absolute Gasteiger partial charge is 0.203 e. The van der Waals surface area contributed by atoms with Gasteiger partial charge in [0, 0.05) is 23.6 Å². The molecule has 3 N–H and O–H groups in total. The van der Waals surface area contributed by atoms with Crippen LogP contribution in [0.1, 0.15) is 32.1 Å². The van der Waals surface area contributed by atoms with Crippen molar-refractivity contribution < 1.29 is 9.59 Å². The van der Waals surface area contributed by atoms with Gasteiger partial charge < -0.3 is 5.32 Å². The number of rotatable bonds is 3. The minimum atomic E-state index is -0.191. The lowest BCUT2D eigenvalue weighted by molar-refractivity contribution is -0.137. The minimum Gasteiger partial charge on any atom is -0.332 e. The molecule has 0 heterocycles. The quantitative estimate of drug-likeness (QED) is 0.439. The van der Waals surface area contributed by atoms with Gasteiger partial charge >= 0.3 is 0 Å². The van der Waals surface area contributed by atoms with E-state index < -0.39 is 0 Å². The Hall–Kier alpha value is -1.79. The highest BCUT2D eigenvalue weighted by atomic mass is 32.1. The highest BCUT2D eigenvalue weighted by Gasteiger charge is 2.57. The topological polar surface area (TPSA) is 70.2 Å². The number of hydrogen-bond acceptors (Lipinski definition) is 4. The van der Waals surface area contributed by atoms with Crippen molar-refractivity contribution in [2.24, 2.45) is 23.7 Å². The van der Waals surface area contributed by atoms with E-state index in [1.54, 1.807) is 0 Å². The van der Waals surface area contributed by atoms with E-state index in [0.29, 0.717) is 11.0 Å². The van der Waals surface area contributed by atoms with Crippen LogP contribution in [0.15, 0.2) is 30.3 Å². The van der Waals surface area contributed by atoms with E-state index >= 15 is 0 Å². The number of hydrazine groups is 1. The van der Waals surface area contributed by atoms with Crippen molar-refractivity contribution in [3.63, 3.8) is 0 Å². The second kappa shape index (κ2) is 6.84. The molecule has 0 amide bonds. The number of Topliss-reactive ketones (excluding diaryl/α,β-unsaturated/α-hetero) is 2. The Kier molecular flexibility index (Phi) is 4.56. The molecule has 5 unspecified atom stereocenters. The highest BCUT2D eigenvalue weighted by Crippen LogP contribution is 2.51. The molecule has 3 aliphatic rings. The summed E-state index contributed by atoms with van der Waals surface area (Å²) in [6.45, 7) is 0. The summed E-state index contributed by atoms with van der Waals surface area (Å²) < 4.78 is 0. The summed E-state index contributed by atoms with van der Waals surface area (Å²) in [6, 6.07) is 9.66. The van der Waals surface area contributed by atoms with Crippen LogP contribution in [0.3, 0.4) is 0 Å². The molecule has 5 atom stereocenters. The zero-order chi connectivity index (χ0) is 17.4. The molecule has 25 heavy (non-hydrogen) atoms. The summed E-state index contributed by atoms with van der Waals surface area (Å²) in [5, 5.41) is 3.57. The second-order valence-electron chi connectivity index (χ2n) is 7.40. The standard InChI is InChI=1S/C19H23N3O2S/c23-17-13-8-4-5-11-9-10-14(16(15(11)13)18(17)24)21-22-19(25)20-12-6-2-1-3-7-12/h1-3,6-7,11,13-16,21H,4-5,8-10H2,(H2,20,22,25). The van der Waals surface area contributed by atoms with Crippen LogP contribution in [-0.2, 0) is 9.59 Å². The van der Waals surface area contributed by atoms with Gasteiger partial charge in [0.25, 0.3) is 0 Å². The maximum absolute atomic E-state index is 12.6. The summed E-state index contributed by atoms with van der Waals surface area (Å²) in [5.41, 5.74) is 7.16. The third kappa shape index (κ3) is 3.09. The molecule has 4 rings (SSSR count). The highest BCUT2D eigenvalue weighted by molar-refractivity contribution is 7.80. The molecule has 0 saturated heterocycles. The van der Waals surface area contributed by atoms with E-state index in [1.165, 1.54) is 0 Å². The van der Waals surface area contributed by atoms with E-state index in [1.807, 2.05) is 30.3 Å². The summed E-state index contributed by atoms with van der Waals surface area (Å²) in [5.74, 6) is 0.254. The Morgan fingerprint density at radius 2 is 1.80 bits per heavy atom. The Morgan fingerprint density at radius 1 is 1.00 bits per heavy atom. The molecule has 0 spiro atoms. The van der Waals surface area contributed by atoms with E-state index in [-0.39, 0.29) is 35.4 Å². The van der Waals surface area contributed by atoms with E-state index in [9.17, 15) is 9.59 Å². The lowest BCUT2D eigenvalue weighted by Crippen LogP contribution is -2.54.